The van der Waals surface area contributed by atoms with E-state index in [-0.39, 0.29) is 18.9 Å². The van der Waals surface area contributed by atoms with Crippen LogP contribution in [-0.2, 0) is 0 Å². The smallest absolute Gasteiger partial charge is 0.0742 e. The second-order valence-electron chi connectivity index (χ2n) is 4.29. The molecule has 0 aromatic rings. The number of hydrogen-bond acceptors (Lipinski definition) is 0. The number of unbranched alkanes of at least 4 members (excludes halogenated alkanes) is 3. The van der Waals surface area contributed by atoms with E-state index < -0.39 is 0 Å². The first-order valence-corrected chi connectivity index (χ1v) is 6.35. The van der Waals surface area contributed by atoms with Crippen molar-refractivity contribution < 1.29 is 0 Å². The zero-order chi connectivity index (χ0) is 9.94. The topological polar surface area (TPSA) is 0 Å². The average molecular weight is 189 g/mol. The van der Waals surface area contributed by atoms with Crippen molar-refractivity contribution in [2.45, 2.75) is 78.3 Å². The molecule has 0 aromatic carbocycles. The summed E-state index contributed by atoms with van der Waals surface area (Å²) in [5.74, 6) is 0. The van der Waals surface area contributed by atoms with E-state index in [0.717, 1.165) is 6.71 Å². The quantitative estimate of drug-likeness (QED) is 0.468. The molecule has 14 heavy (non-hydrogen) atoms. The van der Waals surface area contributed by atoms with Gasteiger partial charge in [0, 0.05) is 18.9 Å². The van der Waals surface area contributed by atoms with Crippen LogP contribution in [0.1, 0.15) is 59.3 Å². The summed E-state index contributed by atoms with van der Waals surface area (Å²) in [6.07, 6.45) is 12.9. The van der Waals surface area contributed by atoms with Crippen LogP contribution in [0.4, 0.5) is 0 Å². The predicted molar refractivity (Wildman–Crippen MR) is 70.7 cm³/mol. The Morgan fingerprint density at radius 2 is 0.929 bits per heavy atom. The minimum atomic E-state index is 0. The van der Waals surface area contributed by atoms with E-state index in [1.165, 1.54) is 57.5 Å². The largest absolute Gasteiger partial charge is 0.139 e. The molecule has 0 saturated carbocycles. The molecule has 0 spiro atoms. The van der Waals surface area contributed by atoms with Crippen molar-refractivity contribution in [2.24, 2.45) is 0 Å². The van der Waals surface area contributed by atoms with E-state index in [1.54, 1.807) is 0 Å². The van der Waals surface area contributed by atoms with Gasteiger partial charge in [-0.3, -0.25) is 0 Å². The molecule has 0 aliphatic rings. The Bertz CT molecular complexity index is 77.3. The Kier molecular flexibility index (Phi) is 16.7. The molecular formula is C12H27BLi. The molecule has 79 valence electrons. The van der Waals surface area contributed by atoms with Crippen molar-refractivity contribution in [3.63, 3.8) is 0 Å². The average Bonchev–Trinajstić information content (AvgIpc) is 2.17. The summed E-state index contributed by atoms with van der Waals surface area (Å²) >= 11 is 0. The molecule has 0 bridgehead atoms. The summed E-state index contributed by atoms with van der Waals surface area (Å²) in [6.45, 7) is 7.95. The van der Waals surface area contributed by atoms with Gasteiger partial charge in [-0.25, -0.2) is 0 Å². The van der Waals surface area contributed by atoms with Crippen molar-refractivity contribution in [3.05, 3.63) is 0 Å². The minimum absolute atomic E-state index is 0. The summed E-state index contributed by atoms with van der Waals surface area (Å²) in [6, 6.07) is 0. The Hall–Kier alpha value is 0.662. The van der Waals surface area contributed by atoms with Crippen molar-refractivity contribution in [3.8, 4) is 0 Å². The molecule has 0 atom stereocenters. The van der Waals surface area contributed by atoms with Gasteiger partial charge in [-0.05, 0) is 0 Å². The fraction of sp³-hybridized carbons (Fsp3) is 1.00. The van der Waals surface area contributed by atoms with Crippen LogP contribution < -0.4 is 0 Å². The van der Waals surface area contributed by atoms with Crippen LogP contribution in [0.25, 0.3) is 0 Å². The van der Waals surface area contributed by atoms with Gasteiger partial charge < -0.3 is 0 Å². The summed E-state index contributed by atoms with van der Waals surface area (Å²) < 4.78 is 0. The maximum absolute atomic E-state index is 2.30. The van der Waals surface area contributed by atoms with Crippen LogP contribution in [-0.4, -0.2) is 25.6 Å². The molecular weight excluding hydrogens is 162 g/mol. The second-order valence-corrected chi connectivity index (χ2v) is 4.29. The van der Waals surface area contributed by atoms with Crippen LogP contribution in [0.5, 0.6) is 0 Å². The van der Waals surface area contributed by atoms with E-state index in [2.05, 4.69) is 20.8 Å². The second kappa shape index (κ2) is 13.7. The van der Waals surface area contributed by atoms with E-state index in [4.69, 9.17) is 0 Å². The van der Waals surface area contributed by atoms with E-state index in [1.807, 2.05) is 0 Å². The van der Waals surface area contributed by atoms with Gasteiger partial charge in [0.2, 0.25) is 0 Å². The fourth-order valence-corrected chi connectivity index (χ4v) is 1.91. The van der Waals surface area contributed by atoms with Crippen molar-refractivity contribution >= 4 is 25.6 Å². The Balaban J connectivity index is 0. The monoisotopic (exact) mass is 189 g/mol. The van der Waals surface area contributed by atoms with Crippen LogP contribution >= 0.6 is 0 Å². The van der Waals surface area contributed by atoms with Gasteiger partial charge in [-0.1, -0.05) is 78.3 Å². The van der Waals surface area contributed by atoms with Crippen molar-refractivity contribution in [1.82, 2.24) is 0 Å². The molecule has 0 nitrogen and oxygen atoms in total. The molecule has 0 aliphatic carbocycles. The minimum Gasteiger partial charge on any atom is -0.0742 e. The van der Waals surface area contributed by atoms with Gasteiger partial charge in [-0.2, -0.15) is 0 Å². The fourth-order valence-electron chi connectivity index (χ4n) is 1.91. The zero-order valence-corrected chi connectivity index (χ0v) is 10.9. The van der Waals surface area contributed by atoms with Crippen molar-refractivity contribution in [2.75, 3.05) is 0 Å². The first kappa shape index (κ1) is 17.1. The van der Waals surface area contributed by atoms with Gasteiger partial charge in [0.05, 0.1) is 0 Å². The molecule has 0 rings (SSSR count). The van der Waals surface area contributed by atoms with Gasteiger partial charge >= 0.3 is 0 Å². The Morgan fingerprint density at radius 3 is 1.14 bits per heavy atom. The van der Waals surface area contributed by atoms with Gasteiger partial charge in [0.15, 0.2) is 0 Å². The molecule has 0 aromatic heterocycles. The first-order valence-electron chi connectivity index (χ1n) is 6.35. The van der Waals surface area contributed by atoms with Crippen LogP contribution in [0.2, 0.25) is 19.0 Å². The SMILES string of the molecule is CCCCB(CCCC)CCCC.[Li]. The molecule has 0 heterocycles. The van der Waals surface area contributed by atoms with Crippen LogP contribution in [0.15, 0.2) is 0 Å². The van der Waals surface area contributed by atoms with Crippen LogP contribution in [0, 0.1) is 0 Å². The summed E-state index contributed by atoms with van der Waals surface area (Å²) in [5.41, 5.74) is 0. The molecule has 1 radical (unpaired) electrons. The predicted octanol–water partition coefficient (Wildman–Crippen LogP) is 4.50. The zero-order valence-electron chi connectivity index (χ0n) is 10.9. The summed E-state index contributed by atoms with van der Waals surface area (Å²) in [7, 11) is 0. The molecule has 2 heteroatoms. The third-order valence-electron chi connectivity index (χ3n) is 2.90. The van der Waals surface area contributed by atoms with Crippen LogP contribution in [0.3, 0.4) is 0 Å². The molecule has 0 amide bonds. The molecule has 0 aliphatic heterocycles. The molecule has 0 saturated heterocycles. The van der Waals surface area contributed by atoms with Crippen molar-refractivity contribution in [1.29, 1.82) is 0 Å². The van der Waals surface area contributed by atoms with E-state index in [0.29, 0.717) is 0 Å². The van der Waals surface area contributed by atoms with E-state index in [9.17, 15) is 0 Å². The Labute approximate surface area is 104 Å². The summed E-state index contributed by atoms with van der Waals surface area (Å²) in [5, 5.41) is 0. The summed E-state index contributed by atoms with van der Waals surface area (Å²) in [4.78, 5) is 0. The normalized spacial score (nSPS) is 9.64. The first-order chi connectivity index (χ1) is 6.35. The maximum atomic E-state index is 2.30. The molecule has 0 unspecified atom stereocenters. The number of hydrogen-bond donors (Lipinski definition) is 0. The Morgan fingerprint density at radius 1 is 0.643 bits per heavy atom. The third-order valence-corrected chi connectivity index (χ3v) is 2.90. The maximum Gasteiger partial charge on any atom is 0.139 e. The number of rotatable bonds is 9. The van der Waals surface area contributed by atoms with Gasteiger partial charge in [-0.15, -0.1) is 0 Å². The van der Waals surface area contributed by atoms with Gasteiger partial charge in [0.25, 0.3) is 0 Å². The molecule has 0 fully saturated rings. The molecule has 0 N–H and O–H groups in total. The van der Waals surface area contributed by atoms with Gasteiger partial charge in [0.1, 0.15) is 6.71 Å². The standard InChI is InChI=1S/C12H27B.Li/c1-4-7-10-13(11-8-5-2)12-9-6-3;/h4-12H2,1-3H3;. The van der Waals surface area contributed by atoms with E-state index >= 15 is 0 Å². The third kappa shape index (κ3) is 10.7.